The predicted molar refractivity (Wildman–Crippen MR) is 43.3 cm³/mol. The van der Waals surface area contributed by atoms with Gasteiger partial charge in [0.25, 0.3) is 0 Å². The van der Waals surface area contributed by atoms with Crippen LogP contribution in [-0.2, 0) is 9.59 Å². The first-order chi connectivity index (χ1) is 5.68. The van der Waals surface area contributed by atoms with Gasteiger partial charge in [-0.1, -0.05) is 12.2 Å². The van der Waals surface area contributed by atoms with Gasteiger partial charge < -0.3 is 5.11 Å². The van der Waals surface area contributed by atoms with Gasteiger partial charge in [-0.25, -0.2) is 9.59 Å². The molecule has 0 unspecified atom stereocenters. The minimum atomic E-state index is -0.942. The van der Waals surface area contributed by atoms with E-state index in [1.807, 2.05) is 0 Å². The third-order valence-electron chi connectivity index (χ3n) is 1.13. The van der Waals surface area contributed by atoms with Crippen LogP contribution in [0.3, 0.4) is 0 Å². The van der Waals surface area contributed by atoms with Gasteiger partial charge in [0.15, 0.2) is 0 Å². The first-order valence-electron chi connectivity index (χ1n) is 3.30. The third kappa shape index (κ3) is 5.14. The van der Waals surface area contributed by atoms with Crippen LogP contribution in [0.5, 0.6) is 0 Å². The molecule has 0 rings (SSSR count). The summed E-state index contributed by atoms with van der Waals surface area (Å²) in [7, 11) is 0. The summed E-state index contributed by atoms with van der Waals surface area (Å²) in [6.07, 6.45) is 6.15. The lowest BCUT2D eigenvalue weighted by Crippen LogP contribution is -1.94. The molecule has 0 aromatic heterocycles. The average molecular weight is 167 g/mol. The van der Waals surface area contributed by atoms with Gasteiger partial charge >= 0.3 is 5.97 Å². The summed E-state index contributed by atoms with van der Waals surface area (Å²) < 4.78 is 0. The fraction of sp³-hybridized carbons (Fsp3) is 0.250. The summed E-state index contributed by atoms with van der Waals surface area (Å²) in [5.41, 5.74) is 0.273. The van der Waals surface area contributed by atoms with Crippen LogP contribution in [-0.4, -0.2) is 17.2 Å². The van der Waals surface area contributed by atoms with Crippen molar-refractivity contribution in [3.63, 3.8) is 0 Å². The van der Waals surface area contributed by atoms with Crippen LogP contribution < -0.4 is 0 Å². The Labute approximate surface area is 69.9 Å². The minimum absolute atomic E-state index is 0.273. The van der Waals surface area contributed by atoms with Gasteiger partial charge in [-0.3, -0.25) is 0 Å². The molecule has 0 bridgehead atoms. The van der Waals surface area contributed by atoms with Gasteiger partial charge in [0, 0.05) is 11.8 Å². The average Bonchev–Trinajstić information content (AvgIpc) is 2.03. The Kier molecular flexibility index (Phi) is 5.22. The monoisotopic (exact) mass is 167 g/mol. The molecular weight excluding hydrogens is 158 g/mol. The molecule has 64 valence electrons. The minimum Gasteiger partial charge on any atom is -0.478 e. The van der Waals surface area contributed by atoms with E-state index in [9.17, 15) is 9.59 Å². The molecule has 4 heteroatoms. The molecule has 1 N–H and O–H groups in total. The Balaban J connectivity index is 3.89. The van der Waals surface area contributed by atoms with Crippen molar-refractivity contribution in [3.8, 4) is 0 Å². The van der Waals surface area contributed by atoms with Gasteiger partial charge in [0.1, 0.15) is 0 Å². The Bertz CT molecular complexity index is 259. The molecule has 0 saturated carbocycles. The molecule has 0 aliphatic carbocycles. The molecule has 0 amide bonds. The summed E-state index contributed by atoms with van der Waals surface area (Å²) >= 11 is 0. The summed E-state index contributed by atoms with van der Waals surface area (Å²) in [6.45, 7) is 1.50. The molecule has 0 heterocycles. The lowest BCUT2D eigenvalue weighted by molar-refractivity contribution is -0.132. The maximum Gasteiger partial charge on any atom is 0.330 e. The number of hydrogen-bond donors (Lipinski definition) is 1. The van der Waals surface area contributed by atoms with Crippen LogP contribution >= 0.6 is 0 Å². The van der Waals surface area contributed by atoms with Gasteiger partial charge in [-0.15, -0.1) is 0 Å². The fourth-order valence-electron chi connectivity index (χ4n) is 0.476. The number of rotatable bonds is 4. The largest absolute Gasteiger partial charge is 0.478 e. The van der Waals surface area contributed by atoms with Crippen molar-refractivity contribution in [2.45, 2.75) is 13.3 Å². The Hall–Kier alpha value is -1.67. The second-order valence-electron chi connectivity index (χ2n) is 2.03. The summed E-state index contributed by atoms with van der Waals surface area (Å²) in [5, 5.41) is 8.41. The Morgan fingerprint density at radius 3 is 2.83 bits per heavy atom. The lowest BCUT2D eigenvalue weighted by atomic mass is 10.2. The molecule has 0 aromatic rings. The predicted octanol–water partition coefficient (Wildman–Crippen LogP) is 1.26. The number of isocyanates is 1. The van der Waals surface area contributed by atoms with Crippen molar-refractivity contribution in [1.82, 2.24) is 0 Å². The molecule has 0 saturated heterocycles. The van der Waals surface area contributed by atoms with E-state index < -0.39 is 5.97 Å². The molecule has 0 radical (unpaired) electrons. The maximum atomic E-state index is 10.2. The smallest absolute Gasteiger partial charge is 0.330 e. The molecule has 0 spiro atoms. The van der Waals surface area contributed by atoms with Crippen LogP contribution in [0.2, 0.25) is 0 Å². The zero-order valence-electron chi connectivity index (χ0n) is 6.65. The molecule has 0 aromatic carbocycles. The molecule has 0 aliphatic heterocycles. The van der Waals surface area contributed by atoms with E-state index in [0.717, 1.165) is 0 Å². The molecule has 0 aliphatic rings. The number of carbonyl (C=O) groups excluding carboxylic acids is 1. The third-order valence-corrected chi connectivity index (χ3v) is 1.13. The highest BCUT2D eigenvalue weighted by molar-refractivity contribution is 5.85. The standard InChI is InChI=1S/C8H9NO3/c1-7(8(11)12)4-2-3-5-9-6-10/h3-5H,2H2,1H3,(H,11,12). The highest BCUT2D eigenvalue weighted by Crippen LogP contribution is 1.95. The van der Waals surface area contributed by atoms with Crippen LogP contribution in [0.25, 0.3) is 0 Å². The van der Waals surface area contributed by atoms with Crippen molar-refractivity contribution < 1.29 is 14.7 Å². The Morgan fingerprint density at radius 1 is 1.67 bits per heavy atom. The number of aliphatic carboxylic acids is 1. The molecule has 12 heavy (non-hydrogen) atoms. The zero-order valence-corrected chi connectivity index (χ0v) is 6.65. The Morgan fingerprint density at radius 2 is 2.33 bits per heavy atom. The quantitative estimate of drug-likeness (QED) is 0.389. The second kappa shape index (κ2) is 6.07. The normalized spacial score (nSPS) is 11.2. The van der Waals surface area contributed by atoms with Crippen LogP contribution in [0.1, 0.15) is 13.3 Å². The van der Waals surface area contributed by atoms with Gasteiger partial charge in [0.05, 0.1) is 0 Å². The SMILES string of the molecule is CC(=CCC=CN=C=O)C(=O)O. The van der Waals surface area contributed by atoms with Gasteiger partial charge in [0.2, 0.25) is 6.08 Å². The van der Waals surface area contributed by atoms with Gasteiger partial charge in [-0.2, -0.15) is 4.99 Å². The van der Waals surface area contributed by atoms with E-state index in [4.69, 9.17) is 5.11 Å². The summed E-state index contributed by atoms with van der Waals surface area (Å²) in [6, 6.07) is 0. The van der Waals surface area contributed by atoms with E-state index in [0.29, 0.717) is 6.42 Å². The number of carboxylic acid groups (broad SMARTS) is 1. The van der Waals surface area contributed by atoms with E-state index >= 15 is 0 Å². The topological polar surface area (TPSA) is 66.7 Å². The summed E-state index contributed by atoms with van der Waals surface area (Å²) in [5.74, 6) is -0.942. The molecule has 4 nitrogen and oxygen atoms in total. The van der Waals surface area contributed by atoms with Crippen LogP contribution in [0, 0.1) is 0 Å². The van der Waals surface area contributed by atoms with E-state index in [1.165, 1.54) is 25.3 Å². The highest BCUT2D eigenvalue weighted by atomic mass is 16.4. The van der Waals surface area contributed by atoms with Crippen molar-refractivity contribution in [3.05, 3.63) is 23.9 Å². The van der Waals surface area contributed by atoms with E-state index in [-0.39, 0.29) is 5.57 Å². The number of aliphatic imine (C=N–C) groups is 1. The number of hydrogen-bond acceptors (Lipinski definition) is 3. The first-order valence-corrected chi connectivity index (χ1v) is 3.30. The van der Waals surface area contributed by atoms with E-state index in [2.05, 4.69) is 4.99 Å². The second-order valence-corrected chi connectivity index (χ2v) is 2.03. The molecular formula is C8H9NO3. The van der Waals surface area contributed by atoms with Crippen molar-refractivity contribution in [2.75, 3.05) is 0 Å². The van der Waals surface area contributed by atoms with E-state index in [1.54, 1.807) is 6.08 Å². The highest BCUT2D eigenvalue weighted by Gasteiger charge is 1.95. The zero-order chi connectivity index (χ0) is 9.40. The lowest BCUT2D eigenvalue weighted by Gasteiger charge is -1.88. The number of carboxylic acids is 1. The summed E-state index contributed by atoms with van der Waals surface area (Å²) in [4.78, 5) is 22.9. The first kappa shape index (κ1) is 10.3. The number of carbonyl (C=O) groups is 1. The molecule has 0 fully saturated rings. The van der Waals surface area contributed by atoms with Crippen LogP contribution in [0.4, 0.5) is 0 Å². The van der Waals surface area contributed by atoms with Crippen molar-refractivity contribution in [2.24, 2.45) is 4.99 Å². The maximum absolute atomic E-state index is 10.2. The van der Waals surface area contributed by atoms with Gasteiger partial charge in [-0.05, 0) is 13.3 Å². The number of allylic oxidation sites excluding steroid dienone is 2. The van der Waals surface area contributed by atoms with Crippen molar-refractivity contribution in [1.29, 1.82) is 0 Å². The fourth-order valence-corrected chi connectivity index (χ4v) is 0.476. The van der Waals surface area contributed by atoms with Crippen LogP contribution in [0.15, 0.2) is 28.9 Å². The number of nitrogens with zero attached hydrogens (tertiary/aromatic N) is 1. The molecule has 0 atom stereocenters. The van der Waals surface area contributed by atoms with Crippen molar-refractivity contribution >= 4 is 12.0 Å².